The topological polar surface area (TPSA) is 37.3 Å². The Hall–Kier alpha value is -1.93. The number of benzene rings is 2. The summed E-state index contributed by atoms with van der Waals surface area (Å²) in [6, 6.07) is 16.8. The van der Waals surface area contributed by atoms with Crippen molar-refractivity contribution >= 4 is 5.78 Å². The third kappa shape index (κ3) is 4.28. The number of aryl methyl sites for hydroxylation is 1. The van der Waals surface area contributed by atoms with Gasteiger partial charge in [-0.1, -0.05) is 80.8 Å². The Balaban J connectivity index is 2.12. The molecule has 116 valence electrons. The van der Waals surface area contributed by atoms with Crippen molar-refractivity contribution in [2.45, 2.75) is 45.1 Å². The van der Waals surface area contributed by atoms with Gasteiger partial charge in [-0.2, -0.15) is 0 Å². The first kappa shape index (κ1) is 16.4. The molecule has 2 aromatic carbocycles. The fourth-order valence-corrected chi connectivity index (χ4v) is 2.65. The van der Waals surface area contributed by atoms with Crippen molar-refractivity contribution in [2.75, 3.05) is 0 Å². The highest BCUT2D eigenvalue weighted by molar-refractivity contribution is 6.01. The molecule has 1 unspecified atom stereocenters. The van der Waals surface area contributed by atoms with Gasteiger partial charge in [0.05, 0.1) is 0 Å². The van der Waals surface area contributed by atoms with Crippen molar-refractivity contribution in [2.24, 2.45) is 0 Å². The second kappa shape index (κ2) is 8.50. The smallest absolute Gasteiger partial charge is 0.196 e. The Labute approximate surface area is 132 Å². The number of unbranched alkanes of at least 4 members (excludes halogenated alkanes) is 3. The summed E-state index contributed by atoms with van der Waals surface area (Å²) >= 11 is 0. The fourth-order valence-electron chi connectivity index (χ4n) is 2.65. The predicted molar refractivity (Wildman–Crippen MR) is 90.0 cm³/mol. The quantitative estimate of drug-likeness (QED) is 0.565. The summed E-state index contributed by atoms with van der Waals surface area (Å²) < 4.78 is 0. The van der Waals surface area contributed by atoms with Crippen LogP contribution in [0.4, 0.5) is 0 Å². The van der Waals surface area contributed by atoms with Crippen molar-refractivity contribution in [1.29, 1.82) is 0 Å². The van der Waals surface area contributed by atoms with Crippen LogP contribution in [0, 0.1) is 0 Å². The minimum absolute atomic E-state index is 0.211. The van der Waals surface area contributed by atoms with Crippen LogP contribution in [0.5, 0.6) is 0 Å². The van der Waals surface area contributed by atoms with Crippen LogP contribution in [0.1, 0.15) is 60.2 Å². The van der Waals surface area contributed by atoms with Gasteiger partial charge in [0, 0.05) is 5.56 Å². The van der Waals surface area contributed by atoms with Crippen LogP contribution in [-0.2, 0) is 6.42 Å². The molecule has 2 nitrogen and oxygen atoms in total. The maximum atomic E-state index is 12.6. The van der Waals surface area contributed by atoms with E-state index in [9.17, 15) is 9.90 Å². The second-order valence-corrected chi connectivity index (χ2v) is 5.65. The zero-order valence-electron chi connectivity index (χ0n) is 13.2. The number of ketones is 1. The fraction of sp³-hybridized carbons (Fsp3) is 0.350. The third-order valence-corrected chi connectivity index (χ3v) is 3.95. The van der Waals surface area contributed by atoms with E-state index in [0.29, 0.717) is 11.1 Å². The Morgan fingerprint density at radius 2 is 1.64 bits per heavy atom. The van der Waals surface area contributed by atoms with Crippen LogP contribution in [-0.4, -0.2) is 10.9 Å². The van der Waals surface area contributed by atoms with E-state index >= 15 is 0 Å². The van der Waals surface area contributed by atoms with E-state index < -0.39 is 6.10 Å². The van der Waals surface area contributed by atoms with E-state index in [1.807, 2.05) is 42.5 Å². The van der Waals surface area contributed by atoms with Crippen LogP contribution in [0.15, 0.2) is 54.6 Å². The number of hydrogen-bond donors (Lipinski definition) is 1. The van der Waals surface area contributed by atoms with Gasteiger partial charge in [0.25, 0.3) is 0 Å². The van der Waals surface area contributed by atoms with E-state index in [1.165, 1.54) is 19.3 Å². The Kier molecular flexibility index (Phi) is 6.35. The summed E-state index contributed by atoms with van der Waals surface area (Å²) in [5.41, 5.74) is 2.34. The number of aliphatic hydroxyl groups excluding tert-OH is 1. The summed E-state index contributed by atoms with van der Waals surface area (Å²) in [7, 11) is 0. The molecule has 0 bridgehead atoms. The van der Waals surface area contributed by atoms with Gasteiger partial charge in [-0.3, -0.25) is 4.79 Å². The lowest BCUT2D eigenvalue weighted by Gasteiger charge is -2.13. The van der Waals surface area contributed by atoms with Crippen molar-refractivity contribution in [1.82, 2.24) is 0 Å². The molecule has 0 spiro atoms. The molecule has 22 heavy (non-hydrogen) atoms. The third-order valence-electron chi connectivity index (χ3n) is 3.95. The molecule has 0 aliphatic carbocycles. The van der Waals surface area contributed by atoms with Crippen LogP contribution in [0.3, 0.4) is 0 Å². The molecule has 0 aromatic heterocycles. The zero-order valence-corrected chi connectivity index (χ0v) is 13.2. The van der Waals surface area contributed by atoms with Gasteiger partial charge in [0.2, 0.25) is 0 Å². The van der Waals surface area contributed by atoms with E-state index in [2.05, 4.69) is 6.92 Å². The molecular weight excluding hydrogens is 272 g/mol. The molecule has 0 radical (unpaired) electrons. The maximum absolute atomic E-state index is 12.6. The summed E-state index contributed by atoms with van der Waals surface area (Å²) in [4.78, 5) is 12.6. The van der Waals surface area contributed by atoms with E-state index in [1.54, 1.807) is 12.1 Å². The molecule has 0 saturated carbocycles. The Bertz CT molecular complexity index is 590. The largest absolute Gasteiger partial charge is 0.380 e. The molecule has 0 fully saturated rings. The maximum Gasteiger partial charge on any atom is 0.196 e. The van der Waals surface area contributed by atoms with Gasteiger partial charge < -0.3 is 5.11 Å². The first-order valence-corrected chi connectivity index (χ1v) is 8.09. The molecule has 1 N–H and O–H groups in total. The van der Waals surface area contributed by atoms with E-state index in [-0.39, 0.29) is 5.78 Å². The molecule has 2 aromatic rings. The highest BCUT2D eigenvalue weighted by Gasteiger charge is 2.21. The van der Waals surface area contributed by atoms with Gasteiger partial charge in [0.1, 0.15) is 6.10 Å². The van der Waals surface area contributed by atoms with Gasteiger partial charge >= 0.3 is 0 Å². The van der Waals surface area contributed by atoms with Gasteiger partial charge in [-0.05, 0) is 24.0 Å². The van der Waals surface area contributed by atoms with Crippen LogP contribution >= 0.6 is 0 Å². The standard InChI is InChI=1S/C20H24O2/c1-2-3-4-6-11-16-12-9-10-15-18(16)20(22)19(21)17-13-7-5-8-14-17/h5,7-10,12-15,19,21H,2-4,6,11H2,1H3. The Morgan fingerprint density at radius 1 is 0.955 bits per heavy atom. The van der Waals surface area contributed by atoms with Gasteiger partial charge in [-0.15, -0.1) is 0 Å². The monoisotopic (exact) mass is 296 g/mol. The molecule has 2 heteroatoms. The number of Topliss-reactive ketones (excluding diaryl/α,β-unsaturated/α-hetero) is 1. The first-order valence-electron chi connectivity index (χ1n) is 8.09. The van der Waals surface area contributed by atoms with Gasteiger partial charge in [-0.25, -0.2) is 0 Å². The first-order chi connectivity index (χ1) is 10.7. The van der Waals surface area contributed by atoms with Crippen molar-refractivity contribution in [3.8, 4) is 0 Å². The lowest BCUT2D eigenvalue weighted by atomic mass is 9.93. The van der Waals surface area contributed by atoms with Crippen molar-refractivity contribution < 1.29 is 9.90 Å². The van der Waals surface area contributed by atoms with Crippen molar-refractivity contribution in [3.63, 3.8) is 0 Å². The molecule has 0 heterocycles. The predicted octanol–water partition coefficient (Wildman–Crippen LogP) is 4.73. The summed E-state index contributed by atoms with van der Waals surface area (Å²) in [6.45, 7) is 2.19. The van der Waals surface area contributed by atoms with Gasteiger partial charge in [0.15, 0.2) is 5.78 Å². The number of aliphatic hydroxyl groups is 1. The molecule has 0 aliphatic rings. The minimum Gasteiger partial charge on any atom is -0.380 e. The number of hydrogen-bond acceptors (Lipinski definition) is 2. The molecule has 0 saturated heterocycles. The minimum atomic E-state index is -1.09. The lowest BCUT2D eigenvalue weighted by molar-refractivity contribution is 0.0746. The summed E-state index contributed by atoms with van der Waals surface area (Å²) in [5, 5.41) is 10.3. The van der Waals surface area contributed by atoms with Crippen molar-refractivity contribution in [3.05, 3.63) is 71.3 Å². The zero-order chi connectivity index (χ0) is 15.8. The second-order valence-electron chi connectivity index (χ2n) is 5.65. The summed E-state index contributed by atoms with van der Waals surface area (Å²) in [5.74, 6) is -0.211. The molecule has 2 rings (SSSR count). The van der Waals surface area contributed by atoms with Crippen LogP contribution < -0.4 is 0 Å². The number of carbonyl (C=O) groups excluding carboxylic acids is 1. The number of carbonyl (C=O) groups is 1. The normalized spacial score (nSPS) is 12.1. The highest BCUT2D eigenvalue weighted by Crippen LogP contribution is 2.22. The molecular formula is C20H24O2. The van der Waals surface area contributed by atoms with E-state index in [0.717, 1.165) is 18.4 Å². The SMILES string of the molecule is CCCCCCc1ccccc1C(=O)C(O)c1ccccc1. The van der Waals surface area contributed by atoms with E-state index in [4.69, 9.17) is 0 Å². The summed E-state index contributed by atoms with van der Waals surface area (Å²) in [6.07, 6.45) is 4.50. The lowest BCUT2D eigenvalue weighted by Crippen LogP contribution is -2.14. The Morgan fingerprint density at radius 3 is 2.36 bits per heavy atom. The highest BCUT2D eigenvalue weighted by atomic mass is 16.3. The van der Waals surface area contributed by atoms with Crippen LogP contribution in [0.2, 0.25) is 0 Å². The molecule has 0 aliphatic heterocycles. The average Bonchev–Trinajstić information content (AvgIpc) is 2.58. The van der Waals surface area contributed by atoms with Crippen LogP contribution in [0.25, 0.3) is 0 Å². The molecule has 1 atom stereocenters. The average molecular weight is 296 g/mol. The number of rotatable bonds is 8. The molecule has 0 amide bonds.